The molecule has 0 unspecified atom stereocenters. The van der Waals surface area contributed by atoms with E-state index in [0.29, 0.717) is 0 Å². The van der Waals surface area contributed by atoms with Crippen LogP contribution in [0.1, 0.15) is 26.3 Å². The van der Waals surface area contributed by atoms with E-state index in [1.807, 2.05) is 30.5 Å². The van der Waals surface area contributed by atoms with Gasteiger partial charge in [0.25, 0.3) is 0 Å². The van der Waals surface area contributed by atoms with Gasteiger partial charge in [-0.25, -0.2) is 9.97 Å². The summed E-state index contributed by atoms with van der Waals surface area (Å²) in [7, 11) is 0. The molecule has 4 aromatic heterocycles. The second-order valence-electron chi connectivity index (χ2n) is 12.8. The Balaban J connectivity index is 1.25. The minimum Gasteiger partial charge on any atom is -0.457 e. The minimum atomic E-state index is 0.0336. The number of rotatable bonds is 3. The van der Waals surface area contributed by atoms with Crippen LogP contribution < -0.4 is 4.74 Å². The molecule has 0 atom stereocenters. The highest BCUT2D eigenvalue weighted by molar-refractivity contribution is 6.14. The quantitative estimate of drug-likeness (QED) is 0.195. The van der Waals surface area contributed by atoms with Crippen molar-refractivity contribution >= 4 is 60.2 Å². The second kappa shape index (κ2) is 9.41. The van der Waals surface area contributed by atoms with Crippen molar-refractivity contribution in [3.05, 3.63) is 133 Å². The van der Waals surface area contributed by atoms with E-state index in [1.165, 1.54) is 16.3 Å². The maximum Gasteiger partial charge on any atom is 0.146 e. The zero-order valence-electron chi connectivity index (χ0n) is 25.3. The highest BCUT2D eigenvalue weighted by Gasteiger charge is 2.19. The van der Waals surface area contributed by atoms with Gasteiger partial charge < -0.3 is 4.74 Å². The average Bonchev–Trinajstić information content (AvgIpc) is 3.61. The molecule has 0 saturated heterocycles. The molecular formula is C40H30N4O. The Labute approximate surface area is 260 Å². The first kappa shape index (κ1) is 25.8. The minimum absolute atomic E-state index is 0.0336. The fraction of sp³-hybridized carbons (Fsp3) is 0.100. The molecule has 216 valence electrons. The maximum absolute atomic E-state index is 6.62. The normalized spacial score (nSPS) is 12.3. The third-order valence-electron chi connectivity index (χ3n) is 8.95. The largest absolute Gasteiger partial charge is 0.457 e. The summed E-state index contributed by atoms with van der Waals surface area (Å²) in [4.78, 5) is 9.80. The van der Waals surface area contributed by atoms with Crippen molar-refractivity contribution in [3.63, 3.8) is 0 Å². The van der Waals surface area contributed by atoms with E-state index in [1.54, 1.807) is 0 Å². The van der Waals surface area contributed by atoms with Gasteiger partial charge in [0.15, 0.2) is 0 Å². The number of para-hydroxylation sites is 3. The standard InChI is InChI=1S/C40H30N4O/c1-40(2,3)25-15-20-35-31(22-25)28-18-16-26(23-32(28)39-42-33-11-5-7-13-36(33)44(35)39)45-27-17-19-30-29-10-4-6-12-34(29)43(37(30)24-27)38-14-8-9-21-41-38/h4-24H,1-3H3. The molecule has 9 aromatic rings. The van der Waals surface area contributed by atoms with Crippen molar-refractivity contribution < 1.29 is 4.74 Å². The third kappa shape index (κ3) is 3.94. The Morgan fingerprint density at radius 1 is 0.556 bits per heavy atom. The molecule has 5 heteroatoms. The van der Waals surface area contributed by atoms with Crippen LogP contribution in [0.4, 0.5) is 0 Å². The Bertz CT molecular complexity index is 2600. The molecule has 5 nitrogen and oxygen atoms in total. The lowest BCUT2D eigenvalue weighted by Crippen LogP contribution is -2.10. The molecule has 0 amide bonds. The van der Waals surface area contributed by atoms with Crippen LogP contribution in [0.3, 0.4) is 0 Å². The van der Waals surface area contributed by atoms with Gasteiger partial charge in [-0.1, -0.05) is 63.2 Å². The number of nitrogens with zero attached hydrogens (tertiary/aromatic N) is 4. The first-order chi connectivity index (χ1) is 21.9. The fourth-order valence-electron chi connectivity index (χ4n) is 6.75. The van der Waals surface area contributed by atoms with Crippen LogP contribution in [0.5, 0.6) is 11.5 Å². The molecule has 0 radical (unpaired) electrons. The Morgan fingerprint density at radius 3 is 2.11 bits per heavy atom. The van der Waals surface area contributed by atoms with Crippen molar-refractivity contribution in [2.24, 2.45) is 0 Å². The Hall–Kier alpha value is -5.68. The molecule has 0 spiro atoms. The number of imidazole rings is 1. The van der Waals surface area contributed by atoms with Crippen LogP contribution in [0.15, 0.2) is 128 Å². The molecule has 0 fully saturated rings. The van der Waals surface area contributed by atoms with Crippen LogP contribution in [0, 0.1) is 0 Å². The predicted molar refractivity (Wildman–Crippen MR) is 185 cm³/mol. The number of aromatic nitrogens is 4. The smallest absolute Gasteiger partial charge is 0.146 e. The monoisotopic (exact) mass is 582 g/mol. The topological polar surface area (TPSA) is 44.3 Å². The summed E-state index contributed by atoms with van der Waals surface area (Å²) in [6.07, 6.45) is 1.83. The first-order valence-electron chi connectivity index (χ1n) is 15.3. The average molecular weight is 583 g/mol. The lowest BCUT2D eigenvalue weighted by Gasteiger charge is -2.20. The Morgan fingerprint density at radius 2 is 1.29 bits per heavy atom. The van der Waals surface area contributed by atoms with Crippen LogP contribution in [0.25, 0.3) is 66.0 Å². The van der Waals surface area contributed by atoms with E-state index in [2.05, 4.69) is 132 Å². The molecule has 9 rings (SSSR count). The van der Waals surface area contributed by atoms with E-state index in [-0.39, 0.29) is 5.41 Å². The number of hydrogen-bond donors (Lipinski definition) is 0. The molecule has 0 aliphatic carbocycles. The summed E-state index contributed by atoms with van der Waals surface area (Å²) in [5.74, 6) is 2.41. The van der Waals surface area contributed by atoms with Crippen LogP contribution in [-0.4, -0.2) is 18.9 Å². The summed E-state index contributed by atoms with van der Waals surface area (Å²) in [5.41, 5.74) is 7.66. The molecule has 0 bridgehead atoms. The summed E-state index contributed by atoms with van der Waals surface area (Å²) in [6, 6.07) is 42.4. The molecule has 0 aliphatic rings. The van der Waals surface area contributed by atoms with Gasteiger partial charge in [-0.2, -0.15) is 0 Å². The SMILES string of the molecule is CC(C)(C)c1ccc2c(c1)c1ccc(Oc3ccc4c5ccccc5n(-c5ccccn5)c4c3)cc1c1nc3ccccc3n21. The molecule has 0 N–H and O–H groups in total. The number of pyridine rings is 2. The van der Waals surface area contributed by atoms with Crippen molar-refractivity contribution in [2.75, 3.05) is 0 Å². The van der Waals surface area contributed by atoms with Crippen molar-refractivity contribution in [1.82, 2.24) is 18.9 Å². The van der Waals surface area contributed by atoms with Crippen molar-refractivity contribution in [2.45, 2.75) is 26.2 Å². The predicted octanol–water partition coefficient (Wildman–Crippen LogP) is 10.4. The Kier molecular flexibility index (Phi) is 5.39. The van der Waals surface area contributed by atoms with Gasteiger partial charge >= 0.3 is 0 Å². The van der Waals surface area contributed by atoms with Gasteiger partial charge in [0.2, 0.25) is 0 Å². The fourth-order valence-corrected chi connectivity index (χ4v) is 6.75. The second-order valence-corrected chi connectivity index (χ2v) is 12.8. The van der Waals surface area contributed by atoms with Crippen LogP contribution in [0.2, 0.25) is 0 Å². The molecule has 45 heavy (non-hydrogen) atoms. The van der Waals surface area contributed by atoms with Gasteiger partial charge in [0, 0.05) is 33.8 Å². The van der Waals surface area contributed by atoms with E-state index in [9.17, 15) is 0 Å². The molecular weight excluding hydrogens is 552 g/mol. The zero-order valence-corrected chi connectivity index (χ0v) is 25.3. The molecule has 4 heterocycles. The van der Waals surface area contributed by atoms with Gasteiger partial charge in [-0.15, -0.1) is 0 Å². The van der Waals surface area contributed by atoms with Gasteiger partial charge in [-0.3, -0.25) is 8.97 Å². The van der Waals surface area contributed by atoms with E-state index < -0.39 is 0 Å². The highest BCUT2D eigenvalue weighted by Crippen LogP contribution is 2.39. The molecule has 0 aliphatic heterocycles. The summed E-state index contributed by atoms with van der Waals surface area (Å²) < 4.78 is 11.1. The van der Waals surface area contributed by atoms with Crippen LogP contribution >= 0.6 is 0 Å². The lowest BCUT2D eigenvalue weighted by molar-refractivity contribution is 0.484. The summed E-state index contributed by atoms with van der Waals surface area (Å²) in [6.45, 7) is 6.78. The van der Waals surface area contributed by atoms with E-state index in [4.69, 9.17) is 9.72 Å². The number of hydrogen-bond acceptors (Lipinski definition) is 3. The van der Waals surface area contributed by atoms with Crippen molar-refractivity contribution in [1.29, 1.82) is 0 Å². The lowest BCUT2D eigenvalue weighted by atomic mass is 9.86. The van der Waals surface area contributed by atoms with Crippen LogP contribution in [-0.2, 0) is 5.41 Å². The van der Waals surface area contributed by atoms with Gasteiger partial charge in [-0.05, 0) is 89.2 Å². The highest BCUT2D eigenvalue weighted by atomic mass is 16.5. The first-order valence-corrected chi connectivity index (χ1v) is 15.3. The van der Waals surface area contributed by atoms with E-state index >= 15 is 0 Å². The zero-order chi connectivity index (χ0) is 30.3. The number of benzene rings is 5. The number of ether oxygens (including phenoxy) is 1. The van der Waals surface area contributed by atoms with Crippen molar-refractivity contribution in [3.8, 4) is 17.3 Å². The van der Waals surface area contributed by atoms with Gasteiger partial charge in [0.1, 0.15) is 23.0 Å². The third-order valence-corrected chi connectivity index (χ3v) is 8.95. The van der Waals surface area contributed by atoms with Gasteiger partial charge in [0.05, 0.1) is 27.6 Å². The summed E-state index contributed by atoms with van der Waals surface area (Å²) in [5, 5.41) is 5.78. The van der Waals surface area contributed by atoms with E-state index in [0.717, 1.165) is 66.7 Å². The number of fused-ring (bicyclic) bond motifs is 11. The molecule has 5 aromatic carbocycles. The molecule has 0 saturated carbocycles. The maximum atomic E-state index is 6.62. The summed E-state index contributed by atoms with van der Waals surface area (Å²) >= 11 is 0.